The molecular weight excluding hydrogens is 317 g/mol. The molecule has 2 aromatic rings. The number of halogens is 3. The zero-order valence-corrected chi connectivity index (χ0v) is 13.0. The Labute approximate surface area is 137 Å². The Hall–Kier alpha value is -2.12. The van der Waals surface area contributed by atoms with E-state index < -0.39 is 17.5 Å². The Morgan fingerprint density at radius 1 is 1.12 bits per heavy atom. The lowest BCUT2D eigenvalue weighted by molar-refractivity contribution is 0.194. The Morgan fingerprint density at radius 3 is 2.75 bits per heavy atom. The van der Waals surface area contributed by atoms with Crippen LogP contribution in [0.5, 0.6) is 0 Å². The molecule has 2 aliphatic heterocycles. The first-order valence-electron chi connectivity index (χ1n) is 7.93. The number of nitrogens with zero attached hydrogens (tertiary/aromatic N) is 3. The second-order valence-corrected chi connectivity index (χ2v) is 6.20. The summed E-state index contributed by atoms with van der Waals surface area (Å²) in [5, 5.41) is 3.32. The van der Waals surface area contributed by atoms with Crippen molar-refractivity contribution >= 4 is 11.5 Å². The van der Waals surface area contributed by atoms with Crippen LogP contribution in [-0.2, 0) is 6.54 Å². The molecule has 0 radical (unpaired) electrons. The Balaban J connectivity index is 1.74. The van der Waals surface area contributed by atoms with Crippen LogP contribution in [0.3, 0.4) is 0 Å². The number of hydrogen-bond acceptors (Lipinski definition) is 4. The molecule has 2 aliphatic rings. The maximum atomic E-state index is 13.7. The highest BCUT2D eigenvalue weighted by Gasteiger charge is 2.31. The van der Waals surface area contributed by atoms with Crippen LogP contribution in [0.4, 0.5) is 24.7 Å². The van der Waals surface area contributed by atoms with Gasteiger partial charge >= 0.3 is 0 Å². The average Bonchev–Trinajstić information content (AvgIpc) is 3.10. The standard InChI is InChI=1S/C17H17F3N4/c18-12-5-11-9-23(14-3-4-21-8-14)10-24(17(11)22-7-12)13-1-2-15(19)16(20)6-13/h1-2,5-7,14,21H,3-4,8-10H2/t14-/m0/s1. The number of pyridine rings is 1. The van der Waals surface area contributed by atoms with Crippen molar-refractivity contribution in [1.82, 2.24) is 15.2 Å². The minimum absolute atomic E-state index is 0.328. The minimum Gasteiger partial charge on any atom is -0.315 e. The third-order valence-corrected chi connectivity index (χ3v) is 4.63. The van der Waals surface area contributed by atoms with Gasteiger partial charge < -0.3 is 10.2 Å². The Bertz CT molecular complexity index is 761. The van der Waals surface area contributed by atoms with Gasteiger partial charge in [-0.1, -0.05) is 0 Å². The van der Waals surface area contributed by atoms with E-state index in [0.717, 1.165) is 43.4 Å². The predicted molar refractivity (Wildman–Crippen MR) is 84.4 cm³/mol. The number of fused-ring (bicyclic) bond motifs is 1. The molecule has 1 aromatic heterocycles. The molecule has 3 heterocycles. The average molecular weight is 334 g/mol. The molecule has 0 amide bonds. The van der Waals surface area contributed by atoms with Crippen LogP contribution < -0.4 is 10.2 Å². The van der Waals surface area contributed by atoms with Gasteiger partial charge in [-0.05, 0) is 31.2 Å². The van der Waals surface area contributed by atoms with Crippen LogP contribution in [0.25, 0.3) is 0 Å². The van der Waals surface area contributed by atoms with E-state index in [4.69, 9.17) is 0 Å². The van der Waals surface area contributed by atoms with Crippen molar-refractivity contribution in [3.05, 3.63) is 53.5 Å². The summed E-state index contributed by atoms with van der Waals surface area (Å²) in [5.41, 5.74) is 1.25. The molecule has 126 valence electrons. The Kier molecular flexibility index (Phi) is 3.90. The minimum atomic E-state index is -0.907. The summed E-state index contributed by atoms with van der Waals surface area (Å²) in [6.07, 6.45) is 2.15. The van der Waals surface area contributed by atoms with E-state index in [1.165, 1.54) is 12.1 Å². The molecule has 0 unspecified atom stereocenters. The van der Waals surface area contributed by atoms with Crippen molar-refractivity contribution in [3.8, 4) is 0 Å². The molecule has 24 heavy (non-hydrogen) atoms. The summed E-state index contributed by atoms with van der Waals surface area (Å²) in [7, 11) is 0. The van der Waals surface area contributed by atoms with Gasteiger partial charge in [0.15, 0.2) is 11.6 Å². The first-order chi connectivity index (χ1) is 11.6. The van der Waals surface area contributed by atoms with E-state index in [2.05, 4.69) is 15.2 Å². The van der Waals surface area contributed by atoms with Crippen LogP contribution in [0.15, 0.2) is 30.5 Å². The van der Waals surface area contributed by atoms with Gasteiger partial charge in [0.25, 0.3) is 0 Å². The summed E-state index contributed by atoms with van der Waals surface area (Å²) in [6, 6.07) is 5.56. The summed E-state index contributed by atoms with van der Waals surface area (Å²) < 4.78 is 40.6. The largest absolute Gasteiger partial charge is 0.315 e. The maximum absolute atomic E-state index is 13.7. The van der Waals surface area contributed by atoms with E-state index in [9.17, 15) is 13.2 Å². The second-order valence-electron chi connectivity index (χ2n) is 6.20. The van der Waals surface area contributed by atoms with Crippen LogP contribution in [0.2, 0.25) is 0 Å². The van der Waals surface area contributed by atoms with Gasteiger partial charge in [-0.15, -0.1) is 0 Å². The predicted octanol–water partition coefficient (Wildman–Crippen LogP) is 2.77. The molecule has 1 atom stereocenters. The van der Waals surface area contributed by atoms with Gasteiger partial charge in [-0.3, -0.25) is 4.90 Å². The van der Waals surface area contributed by atoms with Gasteiger partial charge in [-0.25, -0.2) is 18.2 Å². The molecule has 7 heteroatoms. The summed E-state index contributed by atoms with van der Waals surface area (Å²) in [5.74, 6) is -1.61. The molecule has 1 aromatic carbocycles. The first kappa shape index (κ1) is 15.4. The molecule has 0 aliphatic carbocycles. The molecule has 4 nitrogen and oxygen atoms in total. The van der Waals surface area contributed by atoms with Crippen molar-refractivity contribution in [1.29, 1.82) is 0 Å². The number of benzene rings is 1. The van der Waals surface area contributed by atoms with Crippen molar-refractivity contribution in [2.75, 3.05) is 24.7 Å². The van der Waals surface area contributed by atoms with E-state index in [1.54, 1.807) is 4.90 Å². The lowest BCUT2D eigenvalue weighted by Gasteiger charge is -2.40. The smallest absolute Gasteiger partial charge is 0.160 e. The first-order valence-corrected chi connectivity index (χ1v) is 7.93. The van der Waals surface area contributed by atoms with E-state index in [-0.39, 0.29) is 0 Å². The number of rotatable bonds is 2. The molecule has 4 rings (SSSR count). The fraction of sp³-hybridized carbons (Fsp3) is 0.353. The molecular formula is C17H17F3N4. The summed E-state index contributed by atoms with van der Waals surface area (Å²) in [4.78, 5) is 8.20. The van der Waals surface area contributed by atoms with Crippen LogP contribution in [0.1, 0.15) is 12.0 Å². The number of hydrogen-bond donors (Lipinski definition) is 1. The highest BCUT2D eigenvalue weighted by molar-refractivity contribution is 5.64. The van der Waals surface area contributed by atoms with Crippen LogP contribution in [0, 0.1) is 17.5 Å². The second kappa shape index (κ2) is 6.07. The monoisotopic (exact) mass is 334 g/mol. The topological polar surface area (TPSA) is 31.4 Å². The molecule has 0 saturated carbocycles. The highest BCUT2D eigenvalue weighted by Crippen LogP contribution is 2.34. The van der Waals surface area contributed by atoms with Gasteiger partial charge in [0, 0.05) is 36.4 Å². The lowest BCUT2D eigenvalue weighted by Crippen LogP contribution is -2.46. The van der Waals surface area contributed by atoms with Gasteiger partial charge in [0.1, 0.15) is 11.6 Å². The SMILES string of the molecule is Fc1cnc2c(c1)CN([C@H]1CCNC1)CN2c1ccc(F)c(F)c1. The lowest BCUT2D eigenvalue weighted by atomic mass is 10.1. The fourth-order valence-electron chi connectivity index (χ4n) is 3.40. The zero-order chi connectivity index (χ0) is 16.7. The number of aromatic nitrogens is 1. The number of nitrogens with one attached hydrogen (secondary N) is 1. The molecule has 1 fully saturated rings. The summed E-state index contributed by atoms with van der Waals surface area (Å²) >= 11 is 0. The van der Waals surface area contributed by atoms with E-state index in [0.29, 0.717) is 30.8 Å². The van der Waals surface area contributed by atoms with Crippen molar-refractivity contribution in [2.24, 2.45) is 0 Å². The third kappa shape index (κ3) is 2.74. The Morgan fingerprint density at radius 2 is 2.00 bits per heavy atom. The van der Waals surface area contributed by atoms with Crippen molar-refractivity contribution in [3.63, 3.8) is 0 Å². The molecule has 1 N–H and O–H groups in total. The van der Waals surface area contributed by atoms with Gasteiger partial charge in [-0.2, -0.15) is 0 Å². The van der Waals surface area contributed by atoms with Gasteiger partial charge in [0.05, 0.1) is 12.9 Å². The van der Waals surface area contributed by atoms with Gasteiger partial charge in [0.2, 0.25) is 0 Å². The summed E-state index contributed by atoms with van der Waals surface area (Å²) in [6.45, 7) is 2.90. The van der Waals surface area contributed by atoms with E-state index >= 15 is 0 Å². The van der Waals surface area contributed by atoms with Crippen LogP contribution >= 0.6 is 0 Å². The molecule has 1 saturated heterocycles. The molecule has 0 spiro atoms. The quantitative estimate of drug-likeness (QED) is 0.915. The highest BCUT2D eigenvalue weighted by atomic mass is 19.2. The van der Waals surface area contributed by atoms with Crippen molar-refractivity contribution < 1.29 is 13.2 Å². The molecule has 0 bridgehead atoms. The maximum Gasteiger partial charge on any atom is 0.160 e. The number of anilines is 2. The zero-order valence-electron chi connectivity index (χ0n) is 13.0. The normalized spacial score (nSPS) is 21.1. The fourth-order valence-corrected chi connectivity index (χ4v) is 3.40. The van der Waals surface area contributed by atoms with Crippen molar-refractivity contribution in [2.45, 2.75) is 19.0 Å². The van der Waals surface area contributed by atoms with Crippen LogP contribution in [-0.4, -0.2) is 35.7 Å². The third-order valence-electron chi connectivity index (χ3n) is 4.63. The van der Waals surface area contributed by atoms with E-state index in [1.807, 2.05) is 0 Å².